The van der Waals surface area contributed by atoms with Crippen LogP contribution in [0.3, 0.4) is 0 Å². The van der Waals surface area contributed by atoms with Crippen molar-refractivity contribution in [2.45, 2.75) is 25.4 Å². The number of rotatable bonds is 3. The Morgan fingerprint density at radius 2 is 2.24 bits per heavy atom. The molecule has 2 amide bonds. The largest absolute Gasteiger partial charge is 0.388 e. The first-order valence-corrected chi connectivity index (χ1v) is 6.91. The van der Waals surface area contributed by atoms with Crippen molar-refractivity contribution in [3.05, 3.63) is 35.6 Å². The standard InChI is InChI=1S/C15H19FN2O3/c1-15(21)6-3-7-18(10-15)13(19)9-17-14(20)11-4-2-5-12(16)8-11/h2,4-5,8,21H,3,6-7,9-10H2,1H3,(H,17,20). The third kappa shape index (κ3) is 4.26. The normalized spacial score (nSPS) is 22.0. The van der Waals surface area contributed by atoms with Crippen LogP contribution < -0.4 is 5.32 Å². The van der Waals surface area contributed by atoms with Gasteiger partial charge in [-0.2, -0.15) is 0 Å². The Balaban J connectivity index is 1.88. The first-order valence-electron chi connectivity index (χ1n) is 6.91. The highest BCUT2D eigenvalue weighted by Crippen LogP contribution is 2.20. The molecule has 1 saturated heterocycles. The van der Waals surface area contributed by atoms with Crippen LogP contribution in [0.25, 0.3) is 0 Å². The number of halogens is 1. The van der Waals surface area contributed by atoms with E-state index in [1.807, 2.05) is 0 Å². The average molecular weight is 294 g/mol. The Labute approximate surface area is 122 Å². The Hall–Kier alpha value is -1.95. The van der Waals surface area contributed by atoms with Crippen molar-refractivity contribution < 1.29 is 19.1 Å². The number of carbonyl (C=O) groups is 2. The summed E-state index contributed by atoms with van der Waals surface area (Å²) in [5.41, 5.74) is -0.700. The summed E-state index contributed by atoms with van der Waals surface area (Å²) in [6.07, 6.45) is 1.39. The third-order valence-electron chi connectivity index (χ3n) is 3.51. The summed E-state index contributed by atoms with van der Waals surface area (Å²) in [6, 6.07) is 5.28. The minimum Gasteiger partial charge on any atom is -0.388 e. The second kappa shape index (κ2) is 6.22. The quantitative estimate of drug-likeness (QED) is 0.871. The maximum absolute atomic E-state index is 13.0. The Morgan fingerprint density at radius 1 is 1.48 bits per heavy atom. The molecule has 0 radical (unpaired) electrons. The van der Waals surface area contributed by atoms with Crippen molar-refractivity contribution in [1.29, 1.82) is 0 Å². The number of benzene rings is 1. The number of likely N-dealkylation sites (tertiary alicyclic amines) is 1. The molecule has 21 heavy (non-hydrogen) atoms. The molecule has 0 spiro atoms. The summed E-state index contributed by atoms with van der Waals surface area (Å²) >= 11 is 0. The van der Waals surface area contributed by atoms with Gasteiger partial charge in [0.25, 0.3) is 5.91 Å². The van der Waals surface area contributed by atoms with Crippen molar-refractivity contribution in [2.24, 2.45) is 0 Å². The lowest BCUT2D eigenvalue weighted by Gasteiger charge is -2.36. The van der Waals surface area contributed by atoms with E-state index in [2.05, 4.69) is 5.32 Å². The van der Waals surface area contributed by atoms with Crippen LogP contribution >= 0.6 is 0 Å². The van der Waals surface area contributed by atoms with Gasteiger partial charge in [0, 0.05) is 18.7 Å². The maximum atomic E-state index is 13.0. The molecular formula is C15H19FN2O3. The van der Waals surface area contributed by atoms with Gasteiger partial charge in [-0.25, -0.2) is 4.39 Å². The first kappa shape index (κ1) is 15.4. The van der Waals surface area contributed by atoms with E-state index in [0.29, 0.717) is 13.0 Å². The van der Waals surface area contributed by atoms with Gasteiger partial charge < -0.3 is 15.3 Å². The van der Waals surface area contributed by atoms with E-state index in [9.17, 15) is 19.1 Å². The molecule has 2 N–H and O–H groups in total. The molecule has 0 saturated carbocycles. The van der Waals surface area contributed by atoms with Crippen LogP contribution in [0.1, 0.15) is 30.1 Å². The predicted molar refractivity (Wildman–Crippen MR) is 75.2 cm³/mol. The van der Waals surface area contributed by atoms with Crippen LogP contribution in [0.5, 0.6) is 0 Å². The molecule has 2 rings (SSSR count). The molecular weight excluding hydrogens is 275 g/mol. The van der Waals surface area contributed by atoms with Crippen LogP contribution in [0, 0.1) is 5.82 Å². The van der Waals surface area contributed by atoms with Gasteiger partial charge >= 0.3 is 0 Å². The summed E-state index contributed by atoms with van der Waals surface area (Å²) in [4.78, 5) is 25.4. The molecule has 1 unspecified atom stereocenters. The maximum Gasteiger partial charge on any atom is 0.251 e. The number of nitrogens with one attached hydrogen (secondary N) is 1. The number of hydrogen-bond donors (Lipinski definition) is 2. The Kier molecular flexibility index (Phi) is 4.57. The minimum absolute atomic E-state index is 0.161. The SMILES string of the molecule is CC1(O)CCCN(C(=O)CNC(=O)c2cccc(F)c2)C1. The molecule has 1 atom stereocenters. The molecule has 0 aliphatic carbocycles. The summed E-state index contributed by atoms with van der Waals surface area (Å²) in [7, 11) is 0. The fraction of sp³-hybridized carbons (Fsp3) is 0.467. The predicted octanol–water partition coefficient (Wildman–Crippen LogP) is 0.929. The molecule has 1 aliphatic rings. The topological polar surface area (TPSA) is 69.6 Å². The highest BCUT2D eigenvalue weighted by Gasteiger charge is 2.30. The molecule has 114 valence electrons. The van der Waals surface area contributed by atoms with Gasteiger partial charge in [-0.05, 0) is 38.0 Å². The van der Waals surface area contributed by atoms with Crippen LogP contribution in [-0.4, -0.2) is 47.1 Å². The summed E-state index contributed by atoms with van der Waals surface area (Å²) in [6.45, 7) is 2.37. The van der Waals surface area contributed by atoms with Crippen LogP contribution in [0.15, 0.2) is 24.3 Å². The van der Waals surface area contributed by atoms with Crippen molar-refractivity contribution in [3.63, 3.8) is 0 Å². The number of amides is 2. The Morgan fingerprint density at radius 3 is 2.90 bits per heavy atom. The zero-order valence-corrected chi connectivity index (χ0v) is 11.9. The van der Waals surface area contributed by atoms with E-state index in [1.54, 1.807) is 6.92 Å². The zero-order valence-electron chi connectivity index (χ0n) is 11.9. The summed E-state index contributed by atoms with van der Waals surface area (Å²) in [5, 5.41) is 12.4. The molecule has 0 aromatic heterocycles. The molecule has 1 fully saturated rings. The number of nitrogens with zero attached hydrogens (tertiary/aromatic N) is 1. The average Bonchev–Trinajstić information content (AvgIpc) is 2.43. The third-order valence-corrected chi connectivity index (χ3v) is 3.51. The molecule has 5 nitrogen and oxygen atoms in total. The lowest BCUT2D eigenvalue weighted by Crippen LogP contribution is -2.51. The van der Waals surface area contributed by atoms with Crippen LogP contribution in [0.2, 0.25) is 0 Å². The Bertz CT molecular complexity index is 545. The van der Waals surface area contributed by atoms with Crippen molar-refractivity contribution in [3.8, 4) is 0 Å². The number of aliphatic hydroxyl groups is 1. The van der Waals surface area contributed by atoms with Crippen LogP contribution in [-0.2, 0) is 4.79 Å². The molecule has 1 aromatic rings. The molecule has 0 bridgehead atoms. The van der Waals surface area contributed by atoms with E-state index in [-0.39, 0.29) is 24.6 Å². The molecule has 1 aliphatic heterocycles. The smallest absolute Gasteiger partial charge is 0.251 e. The van der Waals surface area contributed by atoms with E-state index in [1.165, 1.54) is 23.1 Å². The van der Waals surface area contributed by atoms with Gasteiger partial charge in [0.1, 0.15) is 5.82 Å². The van der Waals surface area contributed by atoms with E-state index in [4.69, 9.17) is 0 Å². The molecule has 1 heterocycles. The monoisotopic (exact) mass is 294 g/mol. The highest BCUT2D eigenvalue weighted by molar-refractivity contribution is 5.96. The second-order valence-electron chi connectivity index (χ2n) is 5.61. The molecule has 6 heteroatoms. The van der Waals surface area contributed by atoms with Gasteiger partial charge in [-0.15, -0.1) is 0 Å². The number of β-amino-alcohol motifs (C(OH)–C–C–N with tert-alkyl or cyclic N) is 1. The van der Waals surface area contributed by atoms with Gasteiger partial charge in [0.2, 0.25) is 5.91 Å². The lowest BCUT2D eigenvalue weighted by atomic mass is 9.95. The van der Waals surface area contributed by atoms with Gasteiger partial charge in [0.15, 0.2) is 0 Å². The van der Waals surface area contributed by atoms with Crippen molar-refractivity contribution >= 4 is 11.8 Å². The summed E-state index contributed by atoms with van der Waals surface area (Å²) in [5.74, 6) is -1.24. The van der Waals surface area contributed by atoms with E-state index < -0.39 is 17.3 Å². The number of hydrogen-bond acceptors (Lipinski definition) is 3. The lowest BCUT2D eigenvalue weighted by molar-refractivity contribution is -0.136. The minimum atomic E-state index is -0.875. The van der Waals surface area contributed by atoms with Gasteiger partial charge in [-0.3, -0.25) is 9.59 Å². The number of carbonyl (C=O) groups excluding carboxylic acids is 2. The van der Waals surface area contributed by atoms with Crippen molar-refractivity contribution in [2.75, 3.05) is 19.6 Å². The summed E-state index contributed by atoms with van der Waals surface area (Å²) < 4.78 is 13.0. The highest BCUT2D eigenvalue weighted by atomic mass is 19.1. The zero-order chi connectivity index (χ0) is 15.5. The van der Waals surface area contributed by atoms with Gasteiger partial charge in [0.05, 0.1) is 12.1 Å². The van der Waals surface area contributed by atoms with Gasteiger partial charge in [-0.1, -0.05) is 6.07 Å². The van der Waals surface area contributed by atoms with E-state index >= 15 is 0 Å². The van der Waals surface area contributed by atoms with E-state index in [0.717, 1.165) is 12.5 Å². The van der Waals surface area contributed by atoms with Crippen molar-refractivity contribution in [1.82, 2.24) is 10.2 Å². The fourth-order valence-electron chi connectivity index (χ4n) is 2.43. The second-order valence-corrected chi connectivity index (χ2v) is 5.61. The molecule has 1 aromatic carbocycles. The first-order chi connectivity index (χ1) is 9.87. The van der Waals surface area contributed by atoms with Crippen LogP contribution in [0.4, 0.5) is 4.39 Å². The fourth-order valence-corrected chi connectivity index (χ4v) is 2.43. The number of piperidine rings is 1.